The van der Waals surface area contributed by atoms with E-state index in [2.05, 4.69) is 0 Å². The second-order valence-electron chi connectivity index (χ2n) is 3.56. The Labute approximate surface area is 76.8 Å². The van der Waals surface area contributed by atoms with E-state index in [1.54, 1.807) is 20.8 Å². The van der Waals surface area contributed by atoms with Gasteiger partial charge in [0, 0.05) is 12.2 Å². The Morgan fingerprint density at radius 1 is 1.31 bits per heavy atom. The Bertz CT molecular complexity index is 240. The highest BCUT2D eigenvalue weighted by atomic mass is 16.5. The van der Waals surface area contributed by atoms with Crippen LogP contribution in [0.3, 0.4) is 0 Å². The molecule has 0 aromatic carbocycles. The van der Waals surface area contributed by atoms with Crippen molar-refractivity contribution in [1.82, 2.24) is 5.06 Å². The number of amides is 2. The van der Waals surface area contributed by atoms with E-state index < -0.39 is 17.4 Å². The van der Waals surface area contributed by atoms with Crippen molar-refractivity contribution in [2.24, 2.45) is 5.73 Å². The number of rotatable bonds is 2. The lowest BCUT2D eigenvalue weighted by Gasteiger charge is -2.28. The third kappa shape index (κ3) is 4.27. The summed E-state index contributed by atoms with van der Waals surface area (Å²) in [4.78, 5) is 21.3. The van der Waals surface area contributed by atoms with E-state index in [0.29, 0.717) is 5.06 Å². The van der Waals surface area contributed by atoms with E-state index in [4.69, 9.17) is 5.73 Å². The Hall–Kier alpha value is -1.36. The molecule has 2 amide bonds. The molecule has 0 atom stereocenters. The lowest BCUT2D eigenvalue weighted by atomic mass is 10.1. The highest BCUT2D eigenvalue weighted by Crippen LogP contribution is 2.10. The first-order valence-electron chi connectivity index (χ1n) is 3.75. The van der Waals surface area contributed by atoms with Crippen molar-refractivity contribution < 1.29 is 14.8 Å². The van der Waals surface area contributed by atoms with Crippen LogP contribution in [0.2, 0.25) is 0 Å². The minimum Gasteiger partial charge on any atom is -0.366 e. The zero-order chi connectivity index (χ0) is 10.6. The van der Waals surface area contributed by atoms with Crippen molar-refractivity contribution in [1.29, 1.82) is 0 Å². The standard InChI is InChI=1S/C8H14N2O3/c1-8(2,3)10(13)7(12)5-4-6(9)11/h4-5,13H,1-3H3,(H2,9,11). The maximum Gasteiger partial charge on any atom is 0.270 e. The van der Waals surface area contributed by atoms with Gasteiger partial charge in [-0.15, -0.1) is 0 Å². The number of nitrogens with two attached hydrogens (primary N) is 1. The predicted molar refractivity (Wildman–Crippen MR) is 46.7 cm³/mol. The fourth-order valence-electron chi connectivity index (χ4n) is 0.555. The van der Waals surface area contributed by atoms with Gasteiger partial charge in [0.25, 0.3) is 5.91 Å². The number of carbonyl (C=O) groups is 2. The lowest BCUT2D eigenvalue weighted by molar-refractivity contribution is -0.180. The van der Waals surface area contributed by atoms with Gasteiger partial charge in [-0.25, -0.2) is 5.06 Å². The third-order valence-electron chi connectivity index (χ3n) is 1.23. The van der Waals surface area contributed by atoms with Crippen LogP contribution >= 0.6 is 0 Å². The van der Waals surface area contributed by atoms with Crippen molar-refractivity contribution in [2.45, 2.75) is 26.3 Å². The van der Waals surface area contributed by atoms with Crippen LogP contribution in [0.25, 0.3) is 0 Å². The number of primary amides is 1. The summed E-state index contributed by atoms with van der Waals surface area (Å²) in [5.41, 5.74) is 4.08. The van der Waals surface area contributed by atoms with Gasteiger partial charge in [-0.1, -0.05) is 0 Å². The fourth-order valence-corrected chi connectivity index (χ4v) is 0.555. The van der Waals surface area contributed by atoms with Gasteiger partial charge in [-0.05, 0) is 20.8 Å². The largest absolute Gasteiger partial charge is 0.366 e. The molecule has 0 rings (SSSR count). The molecule has 0 heterocycles. The first-order valence-corrected chi connectivity index (χ1v) is 3.75. The van der Waals surface area contributed by atoms with Gasteiger partial charge in [-0.3, -0.25) is 14.8 Å². The number of hydrogen-bond acceptors (Lipinski definition) is 3. The Morgan fingerprint density at radius 3 is 2.08 bits per heavy atom. The summed E-state index contributed by atoms with van der Waals surface area (Å²) in [6, 6.07) is 0. The average Bonchev–Trinajstić information content (AvgIpc) is 1.96. The van der Waals surface area contributed by atoms with E-state index in [1.807, 2.05) is 0 Å². The average molecular weight is 186 g/mol. The van der Waals surface area contributed by atoms with Crippen LogP contribution in [0, 0.1) is 0 Å². The number of hydrogen-bond donors (Lipinski definition) is 2. The van der Waals surface area contributed by atoms with Crippen molar-refractivity contribution in [3.05, 3.63) is 12.2 Å². The SMILES string of the molecule is CC(C)(C)N(O)C(=O)C=CC(N)=O. The fraction of sp³-hybridized carbons (Fsp3) is 0.500. The molecule has 0 aliphatic heterocycles. The van der Waals surface area contributed by atoms with Crippen molar-refractivity contribution in [2.75, 3.05) is 0 Å². The molecule has 0 unspecified atom stereocenters. The molecule has 13 heavy (non-hydrogen) atoms. The molecule has 0 saturated heterocycles. The molecule has 3 N–H and O–H groups in total. The normalized spacial score (nSPS) is 11.7. The van der Waals surface area contributed by atoms with E-state index in [1.165, 1.54) is 0 Å². The van der Waals surface area contributed by atoms with Crippen LogP contribution in [-0.4, -0.2) is 27.6 Å². The summed E-state index contributed by atoms with van der Waals surface area (Å²) in [6.45, 7) is 4.97. The Kier molecular flexibility index (Phi) is 3.62. The predicted octanol–water partition coefficient (Wildman–Crippen LogP) is 0.0442. The molecule has 5 nitrogen and oxygen atoms in total. The smallest absolute Gasteiger partial charge is 0.270 e. The summed E-state index contributed by atoms with van der Waals surface area (Å²) in [5, 5.41) is 9.78. The molecule has 74 valence electrons. The Morgan fingerprint density at radius 2 is 1.77 bits per heavy atom. The zero-order valence-electron chi connectivity index (χ0n) is 7.94. The van der Waals surface area contributed by atoms with Crippen LogP contribution in [0.1, 0.15) is 20.8 Å². The quantitative estimate of drug-likeness (QED) is 0.363. The van der Waals surface area contributed by atoms with Crippen LogP contribution in [0.15, 0.2) is 12.2 Å². The van der Waals surface area contributed by atoms with Crippen LogP contribution < -0.4 is 5.73 Å². The molecule has 0 aliphatic rings. The van der Waals surface area contributed by atoms with Crippen molar-refractivity contribution in [3.63, 3.8) is 0 Å². The molecule has 0 bridgehead atoms. The minimum atomic E-state index is -0.726. The number of nitrogens with zero attached hydrogens (tertiary/aromatic N) is 1. The van der Waals surface area contributed by atoms with Gasteiger partial charge in [0.1, 0.15) is 0 Å². The summed E-state index contributed by atoms with van der Waals surface area (Å²) in [6.07, 6.45) is 1.82. The second-order valence-corrected chi connectivity index (χ2v) is 3.56. The second kappa shape index (κ2) is 4.04. The highest BCUT2D eigenvalue weighted by Gasteiger charge is 2.22. The topological polar surface area (TPSA) is 83.6 Å². The lowest BCUT2D eigenvalue weighted by Crippen LogP contribution is -2.42. The summed E-state index contributed by atoms with van der Waals surface area (Å²) >= 11 is 0. The van der Waals surface area contributed by atoms with E-state index in [9.17, 15) is 14.8 Å². The van der Waals surface area contributed by atoms with Gasteiger partial charge in [0.15, 0.2) is 0 Å². The van der Waals surface area contributed by atoms with Crippen LogP contribution in [0.4, 0.5) is 0 Å². The van der Waals surface area contributed by atoms with E-state index in [-0.39, 0.29) is 0 Å². The monoisotopic (exact) mass is 186 g/mol. The molecule has 0 saturated carbocycles. The third-order valence-corrected chi connectivity index (χ3v) is 1.23. The van der Waals surface area contributed by atoms with E-state index >= 15 is 0 Å². The molecule has 0 fully saturated rings. The molecule has 0 aromatic rings. The number of carbonyl (C=O) groups excluding carboxylic acids is 2. The summed E-state index contributed by atoms with van der Waals surface area (Å²) in [5.74, 6) is -1.40. The van der Waals surface area contributed by atoms with Crippen LogP contribution in [-0.2, 0) is 9.59 Å². The summed E-state index contributed by atoms with van der Waals surface area (Å²) in [7, 11) is 0. The van der Waals surface area contributed by atoms with Gasteiger partial charge in [-0.2, -0.15) is 0 Å². The molecule has 0 aromatic heterocycles. The Balaban J connectivity index is 4.37. The zero-order valence-corrected chi connectivity index (χ0v) is 7.94. The molecular formula is C8H14N2O3. The maximum absolute atomic E-state index is 11.1. The first kappa shape index (κ1) is 11.6. The first-order chi connectivity index (χ1) is 5.75. The maximum atomic E-state index is 11.1. The molecule has 5 heteroatoms. The molecule has 0 spiro atoms. The molecule has 0 radical (unpaired) electrons. The van der Waals surface area contributed by atoms with E-state index in [0.717, 1.165) is 12.2 Å². The minimum absolute atomic E-state index is 0.534. The molecule has 0 aliphatic carbocycles. The molecular weight excluding hydrogens is 172 g/mol. The van der Waals surface area contributed by atoms with Gasteiger partial charge >= 0.3 is 0 Å². The van der Waals surface area contributed by atoms with Gasteiger partial charge < -0.3 is 5.73 Å². The van der Waals surface area contributed by atoms with Crippen molar-refractivity contribution >= 4 is 11.8 Å². The van der Waals surface area contributed by atoms with Gasteiger partial charge in [0.2, 0.25) is 5.91 Å². The summed E-state index contributed by atoms with van der Waals surface area (Å²) < 4.78 is 0. The van der Waals surface area contributed by atoms with Crippen molar-refractivity contribution in [3.8, 4) is 0 Å². The number of hydroxylamine groups is 2. The van der Waals surface area contributed by atoms with Gasteiger partial charge in [0.05, 0.1) is 5.54 Å². The highest BCUT2D eigenvalue weighted by molar-refractivity contribution is 5.95. The van der Waals surface area contributed by atoms with Crippen LogP contribution in [0.5, 0.6) is 0 Å².